The number of nitrogens with one attached hydrogen (secondary N) is 1. The fourth-order valence-corrected chi connectivity index (χ4v) is 2.20. The maximum atomic E-state index is 12.6. The van der Waals surface area contributed by atoms with E-state index in [-0.39, 0.29) is 12.3 Å². The average Bonchev–Trinajstić information content (AvgIpc) is 2.76. The summed E-state index contributed by atoms with van der Waals surface area (Å²) in [7, 11) is 0. The largest absolute Gasteiger partial charge is 0.403 e. The number of aromatic nitrogens is 2. The predicted octanol–water partition coefficient (Wildman–Crippen LogP) is 2.30. The van der Waals surface area contributed by atoms with Crippen molar-refractivity contribution in [2.24, 2.45) is 0 Å². The topological polar surface area (TPSA) is 29.9 Å². The first-order valence-electron chi connectivity index (χ1n) is 5.82. The molecule has 2 atom stereocenters. The molecule has 2 unspecified atom stereocenters. The highest BCUT2D eigenvalue weighted by Crippen LogP contribution is 2.33. The van der Waals surface area contributed by atoms with Crippen LogP contribution in [0.5, 0.6) is 0 Å². The van der Waals surface area contributed by atoms with Crippen LogP contribution >= 0.6 is 0 Å². The summed E-state index contributed by atoms with van der Waals surface area (Å²) in [5.41, 5.74) is 0.780. The molecule has 1 aliphatic heterocycles. The van der Waals surface area contributed by atoms with E-state index in [2.05, 4.69) is 10.3 Å². The monoisotopic (exact) mass is 247 g/mol. The molecule has 1 saturated heterocycles. The van der Waals surface area contributed by atoms with Crippen molar-refractivity contribution in [3.63, 3.8) is 0 Å². The molecule has 6 heteroatoms. The Morgan fingerprint density at radius 2 is 2.29 bits per heavy atom. The van der Waals surface area contributed by atoms with E-state index in [4.69, 9.17) is 0 Å². The molecule has 96 valence electrons. The van der Waals surface area contributed by atoms with Crippen molar-refractivity contribution in [1.82, 2.24) is 14.9 Å². The van der Waals surface area contributed by atoms with Crippen molar-refractivity contribution >= 4 is 0 Å². The first-order chi connectivity index (χ1) is 8.00. The lowest BCUT2D eigenvalue weighted by molar-refractivity contribution is -0.161. The van der Waals surface area contributed by atoms with Gasteiger partial charge in [0.2, 0.25) is 0 Å². The second-order valence-electron chi connectivity index (χ2n) is 4.40. The highest BCUT2D eigenvalue weighted by molar-refractivity contribution is 5.08. The Hall–Kier alpha value is -1.04. The van der Waals surface area contributed by atoms with E-state index in [0.29, 0.717) is 13.0 Å². The van der Waals surface area contributed by atoms with Gasteiger partial charge >= 0.3 is 6.18 Å². The number of nitrogens with zero attached hydrogens (tertiary/aromatic N) is 2. The zero-order chi connectivity index (χ0) is 12.5. The van der Waals surface area contributed by atoms with E-state index in [1.807, 2.05) is 17.7 Å². The molecular weight excluding hydrogens is 231 g/mol. The number of halogens is 3. The Bertz CT molecular complexity index is 372. The number of hydrogen-bond acceptors (Lipinski definition) is 2. The summed E-state index contributed by atoms with van der Waals surface area (Å²) >= 11 is 0. The second kappa shape index (κ2) is 4.68. The summed E-state index contributed by atoms with van der Waals surface area (Å²) in [4.78, 5) is 4.20. The lowest BCUT2D eigenvalue weighted by Crippen LogP contribution is -2.47. The van der Waals surface area contributed by atoms with Crippen molar-refractivity contribution < 1.29 is 13.2 Å². The zero-order valence-corrected chi connectivity index (χ0v) is 9.67. The molecule has 17 heavy (non-hydrogen) atoms. The van der Waals surface area contributed by atoms with Crippen LogP contribution in [-0.2, 0) is 6.54 Å². The van der Waals surface area contributed by atoms with E-state index < -0.39 is 12.2 Å². The van der Waals surface area contributed by atoms with Crippen molar-refractivity contribution in [3.05, 3.63) is 18.2 Å². The smallest absolute Gasteiger partial charge is 0.337 e. The minimum atomic E-state index is -4.16. The zero-order valence-electron chi connectivity index (χ0n) is 9.67. The summed E-state index contributed by atoms with van der Waals surface area (Å²) in [5.74, 6) is -0.0873. The third kappa shape index (κ3) is 2.80. The van der Waals surface area contributed by atoms with Crippen LogP contribution < -0.4 is 5.32 Å². The molecule has 1 aromatic rings. The molecule has 1 fully saturated rings. The minimum Gasteiger partial charge on any atom is -0.337 e. The fraction of sp³-hybridized carbons (Fsp3) is 0.727. The van der Waals surface area contributed by atoms with Crippen LogP contribution in [0.4, 0.5) is 13.2 Å². The number of piperidine rings is 1. The second-order valence-corrected chi connectivity index (χ2v) is 4.40. The van der Waals surface area contributed by atoms with Crippen LogP contribution in [0.3, 0.4) is 0 Å². The fourth-order valence-electron chi connectivity index (χ4n) is 2.20. The first-order valence-corrected chi connectivity index (χ1v) is 5.82. The molecule has 0 saturated carbocycles. The van der Waals surface area contributed by atoms with Gasteiger partial charge in [0.05, 0.1) is 12.0 Å². The Kier molecular flexibility index (Phi) is 3.42. The van der Waals surface area contributed by atoms with Gasteiger partial charge in [0.25, 0.3) is 0 Å². The standard InChI is InChI=1S/C11H16F3N3/c1-2-17-6-9(16-7-17)8-3-4-15-10(5-8)11(12,13)14/h6-8,10,15H,2-5H2,1H3. The van der Waals surface area contributed by atoms with Gasteiger partial charge in [-0.05, 0) is 26.3 Å². The van der Waals surface area contributed by atoms with E-state index in [1.54, 1.807) is 6.33 Å². The predicted molar refractivity (Wildman–Crippen MR) is 57.7 cm³/mol. The summed E-state index contributed by atoms with van der Waals surface area (Å²) in [6.45, 7) is 3.17. The molecule has 0 spiro atoms. The molecule has 0 aromatic carbocycles. The highest BCUT2D eigenvalue weighted by Gasteiger charge is 2.42. The summed E-state index contributed by atoms with van der Waals surface area (Å²) in [6.07, 6.45) is 0.174. The average molecular weight is 247 g/mol. The van der Waals surface area contributed by atoms with Gasteiger partial charge < -0.3 is 9.88 Å². The minimum absolute atomic E-state index is 0.0873. The Morgan fingerprint density at radius 1 is 1.53 bits per heavy atom. The van der Waals surface area contributed by atoms with Crippen molar-refractivity contribution in [2.75, 3.05) is 6.54 Å². The third-order valence-corrected chi connectivity index (χ3v) is 3.24. The number of alkyl halides is 3. The van der Waals surface area contributed by atoms with Gasteiger partial charge in [-0.2, -0.15) is 13.2 Å². The van der Waals surface area contributed by atoms with E-state index in [1.165, 1.54) is 0 Å². The Morgan fingerprint density at radius 3 is 2.88 bits per heavy atom. The SMILES string of the molecule is CCn1cnc(C2CCNC(C(F)(F)F)C2)c1. The number of aryl methyl sites for hydroxylation is 1. The lowest BCUT2D eigenvalue weighted by atomic mass is 9.90. The van der Waals surface area contributed by atoms with Gasteiger partial charge in [-0.1, -0.05) is 0 Å². The molecule has 1 aliphatic rings. The molecule has 0 radical (unpaired) electrons. The molecule has 2 rings (SSSR count). The summed E-state index contributed by atoms with van der Waals surface area (Å²) < 4.78 is 39.7. The lowest BCUT2D eigenvalue weighted by Gasteiger charge is -2.30. The molecule has 1 aromatic heterocycles. The normalized spacial score (nSPS) is 26.1. The molecular formula is C11H16F3N3. The van der Waals surface area contributed by atoms with Crippen LogP contribution in [0.1, 0.15) is 31.4 Å². The van der Waals surface area contributed by atoms with Crippen LogP contribution in [0.25, 0.3) is 0 Å². The van der Waals surface area contributed by atoms with Crippen LogP contribution in [0, 0.1) is 0 Å². The van der Waals surface area contributed by atoms with Crippen molar-refractivity contribution in [3.8, 4) is 0 Å². The van der Waals surface area contributed by atoms with E-state index >= 15 is 0 Å². The van der Waals surface area contributed by atoms with Gasteiger partial charge in [0, 0.05) is 18.7 Å². The number of imidazole rings is 1. The molecule has 0 bridgehead atoms. The van der Waals surface area contributed by atoms with Crippen molar-refractivity contribution in [1.29, 1.82) is 0 Å². The first kappa shape index (κ1) is 12.4. The molecule has 1 N–H and O–H groups in total. The maximum Gasteiger partial charge on any atom is 0.403 e. The maximum absolute atomic E-state index is 12.6. The van der Waals surface area contributed by atoms with Gasteiger partial charge in [0.15, 0.2) is 0 Å². The molecule has 3 nitrogen and oxygen atoms in total. The molecule has 2 heterocycles. The van der Waals surface area contributed by atoms with Gasteiger partial charge in [-0.25, -0.2) is 4.98 Å². The van der Waals surface area contributed by atoms with Crippen LogP contribution in [-0.4, -0.2) is 28.3 Å². The van der Waals surface area contributed by atoms with Gasteiger partial charge in [-0.15, -0.1) is 0 Å². The number of hydrogen-bond donors (Lipinski definition) is 1. The van der Waals surface area contributed by atoms with Gasteiger partial charge in [-0.3, -0.25) is 0 Å². The number of rotatable bonds is 2. The van der Waals surface area contributed by atoms with Crippen LogP contribution in [0.15, 0.2) is 12.5 Å². The Balaban J connectivity index is 2.06. The van der Waals surface area contributed by atoms with E-state index in [9.17, 15) is 13.2 Å². The molecule has 0 amide bonds. The highest BCUT2D eigenvalue weighted by atomic mass is 19.4. The van der Waals surface area contributed by atoms with Crippen molar-refractivity contribution in [2.45, 2.75) is 44.4 Å². The Labute approximate surface area is 98.0 Å². The quantitative estimate of drug-likeness (QED) is 0.869. The van der Waals surface area contributed by atoms with Gasteiger partial charge in [0.1, 0.15) is 6.04 Å². The molecule has 0 aliphatic carbocycles. The van der Waals surface area contributed by atoms with E-state index in [0.717, 1.165) is 12.2 Å². The third-order valence-electron chi connectivity index (χ3n) is 3.24. The summed E-state index contributed by atoms with van der Waals surface area (Å²) in [6, 6.07) is -1.40. The van der Waals surface area contributed by atoms with Crippen LogP contribution in [0.2, 0.25) is 0 Å². The summed E-state index contributed by atoms with van der Waals surface area (Å²) in [5, 5.41) is 2.52.